The minimum absolute atomic E-state index is 0.0217. The van der Waals surface area contributed by atoms with Crippen molar-refractivity contribution in [3.8, 4) is 0 Å². The third-order valence-corrected chi connectivity index (χ3v) is 3.70. The maximum atomic E-state index is 14.0. The van der Waals surface area contributed by atoms with Crippen molar-refractivity contribution in [1.82, 2.24) is 4.98 Å². The van der Waals surface area contributed by atoms with Crippen molar-refractivity contribution in [3.63, 3.8) is 0 Å². The smallest absolute Gasteiger partial charge is 0.299 e. The number of hydrogen-bond donors (Lipinski definition) is 0. The van der Waals surface area contributed by atoms with Crippen LogP contribution >= 0.6 is 11.6 Å². The van der Waals surface area contributed by atoms with Gasteiger partial charge in [-0.2, -0.15) is 0 Å². The third-order valence-electron chi connectivity index (χ3n) is 3.39. The highest BCUT2D eigenvalue weighted by molar-refractivity contribution is 6.55. The number of ketones is 1. The molecule has 0 saturated carbocycles. The second kappa shape index (κ2) is 5.26. The minimum atomic E-state index is -0.760. The number of carbonyl (C=O) groups excluding carboxylic acids is 2. The van der Waals surface area contributed by atoms with Gasteiger partial charge in [0.15, 0.2) is 0 Å². The lowest BCUT2D eigenvalue weighted by molar-refractivity contribution is -0.114. The van der Waals surface area contributed by atoms with Crippen LogP contribution in [0, 0.1) is 5.82 Å². The van der Waals surface area contributed by atoms with Crippen molar-refractivity contribution < 1.29 is 14.0 Å². The highest BCUT2D eigenvalue weighted by Crippen LogP contribution is 2.36. The van der Waals surface area contributed by atoms with Crippen LogP contribution in [0.1, 0.15) is 15.9 Å². The molecule has 0 atom stereocenters. The second-order valence-corrected chi connectivity index (χ2v) is 5.05. The standard InChI is InChI=1S/C15H10ClFN2O2/c16-10-1-2-11(17)13-12(10)14(20)15(21)19(13)8-5-9-3-6-18-7-4-9/h1-4,6-7H,5,8H2. The van der Waals surface area contributed by atoms with E-state index in [1.54, 1.807) is 24.5 Å². The quantitative estimate of drug-likeness (QED) is 0.819. The van der Waals surface area contributed by atoms with E-state index >= 15 is 0 Å². The number of halogens is 2. The zero-order valence-electron chi connectivity index (χ0n) is 10.8. The highest BCUT2D eigenvalue weighted by atomic mass is 35.5. The second-order valence-electron chi connectivity index (χ2n) is 4.64. The van der Waals surface area contributed by atoms with E-state index in [1.165, 1.54) is 6.07 Å². The van der Waals surface area contributed by atoms with E-state index in [4.69, 9.17) is 11.6 Å². The third kappa shape index (κ3) is 2.29. The lowest BCUT2D eigenvalue weighted by Gasteiger charge is -2.17. The van der Waals surface area contributed by atoms with Crippen molar-refractivity contribution in [1.29, 1.82) is 0 Å². The van der Waals surface area contributed by atoms with Gasteiger partial charge in [-0.3, -0.25) is 14.6 Å². The SMILES string of the molecule is O=C1C(=O)N(CCc2ccncc2)c2c(F)ccc(Cl)c21. The maximum absolute atomic E-state index is 14.0. The molecule has 0 bridgehead atoms. The van der Waals surface area contributed by atoms with Crippen molar-refractivity contribution in [3.05, 3.63) is 58.6 Å². The van der Waals surface area contributed by atoms with Crippen molar-refractivity contribution >= 4 is 29.0 Å². The van der Waals surface area contributed by atoms with Crippen LogP contribution in [0.15, 0.2) is 36.7 Å². The van der Waals surface area contributed by atoms with Gasteiger partial charge < -0.3 is 4.90 Å². The first kappa shape index (κ1) is 13.7. The fraction of sp³-hybridized carbons (Fsp3) is 0.133. The molecule has 4 nitrogen and oxygen atoms in total. The van der Waals surface area contributed by atoms with Gasteiger partial charge in [0.05, 0.1) is 16.3 Å². The molecule has 1 aliphatic heterocycles. The van der Waals surface area contributed by atoms with Gasteiger partial charge in [0.1, 0.15) is 5.82 Å². The zero-order valence-corrected chi connectivity index (χ0v) is 11.6. The Balaban J connectivity index is 1.93. The molecule has 1 aromatic carbocycles. The normalized spacial score (nSPS) is 13.7. The Hall–Kier alpha value is -2.27. The van der Waals surface area contributed by atoms with Gasteiger partial charge in [0, 0.05) is 18.9 Å². The molecule has 106 valence electrons. The summed E-state index contributed by atoms with van der Waals surface area (Å²) >= 11 is 5.91. The van der Waals surface area contributed by atoms with Crippen LogP contribution in [-0.4, -0.2) is 23.2 Å². The molecule has 1 amide bonds. The van der Waals surface area contributed by atoms with Crippen molar-refractivity contribution in [2.45, 2.75) is 6.42 Å². The fourth-order valence-electron chi connectivity index (χ4n) is 2.36. The summed E-state index contributed by atoms with van der Waals surface area (Å²) in [7, 11) is 0. The Morgan fingerprint density at radius 2 is 1.86 bits per heavy atom. The summed E-state index contributed by atoms with van der Waals surface area (Å²) in [4.78, 5) is 29.0. The molecular formula is C15H10ClFN2O2. The monoisotopic (exact) mass is 304 g/mol. The summed E-state index contributed by atoms with van der Waals surface area (Å²) in [6.45, 7) is 0.207. The number of amides is 1. The minimum Gasteiger partial charge on any atom is -0.302 e. The summed E-state index contributed by atoms with van der Waals surface area (Å²) in [6.07, 6.45) is 3.77. The molecule has 3 rings (SSSR count). The van der Waals surface area contributed by atoms with Crippen LogP contribution in [0.25, 0.3) is 0 Å². The molecule has 0 spiro atoms. The number of aromatic nitrogens is 1. The number of pyridine rings is 1. The van der Waals surface area contributed by atoms with Crippen LogP contribution < -0.4 is 4.90 Å². The van der Waals surface area contributed by atoms with E-state index in [2.05, 4.69) is 4.98 Å². The van der Waals surface area contributed by atoms with E-state index in [0.717, 1.165) is 16.5 Å². The van der Waals surface area contributed by atoms with Crippen LogP contribution in [-0.2, 0) is 11.2 Å². The molecule has 6 heteroatoms. The number of carbonyl (C=O) groups is 2. The van der Waals surface area contributed by atoms with Crippen LogP contribution in [0.5, 0.6) is 0 Å². The fourth-order valence-corrected chi connectivity index (χ4v) is 2.59. The van der Waals surface area contributed by atoms with Gasteiger partial charge in [-0.05, 0) is 36.2 Å². The Labute approximate surface area is 125 Å². The molecule has 21 heavy (non-hydrogen) atoms. The summed E-state index contributed by atoms with van der Waals surface area (Å²) in [6, 6.07) is 6.05. The Bertz CT molecular complexity index is 734. The number of Topliss-reactive ketones (excluding diaryl/α,β-unsaturated/α-hetero) is 1. The molecule has 0 aliphatic carbocycles. The Morgan fingerprint density at radius 1 is 1.14 bits per heavy atom. The number of anilines is 1. The molecular weight excluding hydrogens is 295 g/mol. The molecule has 2 heterocycles. The lowest BCUT2D eigenvalue weighted by Crippen LogP contribution is -2.32. The van der Waals surface area contributed by atoms with Crippen molar-refractivity contribution in [2.24, 2.45) is 0 Å². The first-order chi connectivity index (χ1) is 10.1. The Morgan fingerprint density at radius 3 is 2.57 bits per heavy atom. The first-order valence-corrected chi connectivity index (χ1v) is 6.70. The summed E-state index contributed by atoms with van der Waals surface area (Å²) in [5.74, 6) is -2.13. The predicted octanol–water partition coefficient (Wildman–Crippen LogP) is 2.65. The van der Waals surface area contributed by atoms with Gasteiger partial charge in [-0.15, -0.1) is 0 Å². The molecule has 0 N–H and O–H groups in total. The molecule has 0 unspecified atom stereocenters. The average molecular weight is 305 g/mol. The summed E-state index contributed by atoms with van der Waals surface area (Å²) in [5.41, 5.74) is 0.879. The molecule has 0 saturated heterocycles. The van der Waals surface area contributed by atoms with E-state index in [0.29, 0.717) is 6.42 Å². The van der Waals surface area contributed by atoms with E-state index < -0.39 is 17.5 Å². The number of rotatable bonds is 3. The number of nitrogens with zero attached hydrogens (tertiary/aromatic N) is 2. The molecule has 0 fully saturated rings. The molecule has 1 aliphatic rings. The topological polar surface area (TPSA) is 50.3 Å². The van der Waals surface area contributed by atoms with Gasteiger partial charge >= 0.3 is 0 Å². The number of benzene rings is 1. The molecule has 2 aromatic rings. The highest BCUT2D eigenvalue weighted by Gasteiger charge is 2.39. The number of hydrogen-bond acceptors (Lipinski definition) is 3. The maximum Gasteiger partial charge on any atom is 0.299 e. The number of fused-ring (bicyclic) bond motifs is 1. The summed E-state index contributed by atoms with van der Waals surface area (Å²) in [5, 5.41) is 0.0937. The molecule has 1 aromatic heterocycles. The average Bonchev–Trinajstić information content (AvgIpc) is 2.75. The first-order valence-electron chi connectivity index (χ1n) is 6.32. The van der Waals surface area contributed by atoms with Gasteiger partial charge in [-0.25, -0.2) is 4.39 Å². The van der Waals surface area contributed by atoms with E-state index in [-0.39, 0.29) is 22.8 Å². The lowest BCUT2D eigenvalue weighted by atomic mass is 10.1. The summed E-state index contributed by atoms with van der Waals surface area (Å²) < 4.78 is 14.0. The Kier molecular flexibility index (Phi) is 3.43. The van der Waals surface area contributed by atoms with E-state index in [1.807, 2.05) is 0 Å². The predicted molar refractivity (Wildman–Crippen MR) is 76.0 cm³/mol. The van der Waals surface area contributed by atoms with Crippen LogP contribution in [0.3, 0.4) is 0 Å². The van der Waals surface area contributed by atoms with Crippen molar-refractivity contribution in [2.75, 3.05) is 11.4 Å². The largest absolute Gasteiger partial charge is 0.302 e. The van der Waals surface area contributed by atoms with Crippen LogP contribution in [0.2, 0.25) is 5.02 Å². The van der Waals surface area contributed by atoms with Gasteiger partial charge in [-0.1, -0.05) is 11.6 Å². The molecule has 0 radical (unpaired) electrons. The zero-order chi connectivity index (χ0) is 15.0. The van der Waals surface area contributed by atoms with Gasteiger partial charge in [0.25, 0.3) is 11.7 Å². The van der Waals surface area contributed by atoms with E-state index in [9.17, 15) is 14.0 Å². The van der Waals surface area contributed by atoms with Gasteiger partial charge in [0.2, 0.25) is 0 Å². The van der Waals surface area contributed by atoms with Crippen LogP contribution in [0.4, 0.5) is 10.1 Å².